The fraction of sp³-hybridized carbons (Fsp3) is 0.222. The number of hydrogen-bond acceptors (Lipinski definition) is 2. The van der Waals surface area contributed by atoms with E-state index in [0.717, 1.165) is 31.4 Å². The van der Waals surface area contributed by atoms with Crippen molar-refractivity contribution in [2.24, 2.45) is 0 Å². The summed E-state index contributed by atoms with van der Waals surface area (Å²) in [6.45, 7) is 0.536. The van der Waals surface area contributed by atoms with Crippen LogP contribution in [-0.4, -0.2) is 15.9 Å². The quantitative estimate of drug-likeness (QED) is 0.437. The number of aromatic nitrogens is 3. The maximum atomic E-state index is 6.11. The number of hydrogen-bond donors (Lipinski definition) is 0. The van der Waals surface area contributed by atoms with Crippen molar-refractivity contribution in [1.82, 2.24) is 9.78 Å². The Hall–Kier alpha value is -1.02. The lowest BCUT2D eigenvalue weighted by molar-refractivity contribution is -0.739. The van der Waals surface area contributed by atoms with E-state index in [1.165, 1.54) is 11.1 Å². The van der Waals surface area contributed by atoms with Crippen molar-refractivity contribution < 1.29 is 9.30 Å². The average molecular weight is 527 g/mol. The van der Waals surface area contributed by atoms with Crippen molar-refractivity contribution in [3.8, 4) is 5.69 Å². The lowest BCUT2D eigenvalue weighted by Gasteiger charge is -2.23. The van der Waals surface area contributed by atoms with Crippen LogP contribution in [0.2, 0.25) is 0 Å². The Morgan fingerprint density at radius 1 is 1.12 bits per heavy atom. The van der Waals surface area contributed by atoms with Gasteiger partial charge in [0.15, 0.2) is 5.69 Å². The van der Waals surface area contributed by atoms with E-state index < -0.39 is 0 Å². The maximum absolute atomic E-state index is 6.11. The van der Waals surface area contributed by atoms with Gasteiger partial charge in [-0.15, -0.1) is 0 Å². The van der Waals surface area contributed by atoms with Crippen LogP contribution in [0.4, 0.5) is 0 Å². The zero-order chi connectivity index (χ0) is 17.1. The Labute approximate surface area is 170 Å². The number of nitrogens with zero attached hydrogens (tertiary/aromatic N) is 3. The first-order valence-corrected chi connectivity index (χ1v) is 10.3. The van der Waals surface area contributed by atoms with Gasteiger partial charge >= 0.3 is 5.82 Å². The van der Waals surface area contributed by atoms with Gasteiger partial charge in [0.1, 0.15) is 18.8 Å². The summed E-state index contributed by atoms with van der Waals surface area (Å²) in [6, 6.07) is 12.8. The van der Waals surface area contributed by atoms with Gasteiger partial charge in [-0.3, -0.25) is 0 Å². The molecule has 2 aliphatic rings. The van der Waals surface area contributed by atoms with E-state index in [4.69, 9.17) is 9.84 Å². The number of halogens is 3. The maximum Gasteiger partial charge on any atom is 0.304 e. The Kier molecular flexibility index (Phi) is 3.89. The Bertz CT molecular complexity index is 978. The van der Waals surface area contributed by atoms with Gasteiger partial charge in [0, 0.05) is 16.0 Å². The van der Waals surface area contributed by atoms with Gasteiger partial charge in [-0.05, 0) is 55.1 Å². The first-order valence-electron chi connectivity index (χ1n) is 7.96. The lowest BCUT2D eigenvalue weighted by atomic mass is 10.1. The third-order valence-corrected chi connectivity index (χ3v) is 6.51. The minimum Gasteiger partial charge on any atom is -0.363 e. The summed E-state index contributed by atoms with van der Waals surface area (Å²) in [7, 11) is 0. The summed E-state index contributed by atoms with van der Waals surface area (Å²) >= 11 is 10.8. The third kappa shape index (κ3) is 2.55. The Morgan fingerprint density at radius 2 is 1.88 bits per heavy atom. The summed E-state index contributed by atoms with van der Waals surface area (Å²) in [4.78, 5) is 0. The highest BCUT2D eigenvalue weighted by Crippen LogP contribution is 2.37. The van der Waals surface area contributed by atoms with E-state index in [1.807, 2.05) is 16.8 Å². The Morgan fingerprint density at radius 3 is 2.68 bits per heavy atom. The molecule has 0 saturated heterocycles. The van der Waals surface area contributed by atoms with E-state index in [2.05, 4.69) is 82.9 Å². The van der Waals surface area contributed by atoms with Crippen LogP contribution in [-0.2, 0) is 17.8 Å². The molecule has 2 heterocycles. The van der Waals surface area contributed by atoms with Crippen LogP contribution in [0.1, 0.15) is 23.0 Å². The zero-order valence-corrected chi connectivity index (χ0v) is 17.8. The summed E-state index contributed by atoms with van der Waals surface area (Å²) in [5.41, 5.74) is 3.69. The number of ether oxygens (including phenoxy) is 1. The van der Waals surface area contributed by atoms with Crippen molar-refractivity contribution >= 4 is 47.8 Å². The highest BCUT2D eigenvalue weighted by Gasteiger charge is 2.43. The molecule has 1 aliphatic carbocycles. The molecule has 3 aromatic rings. The molecule has 0 radical (unpaired) electrons. The van der Waals surface area contributed by atoms with Crippen LogP contribution in [0.5, 0.6) is 0 Å². The second kappa shape index (κ2) is 6.01. The molecule has 4 nitrogen and oxygen atoms in total. The molecule has 126 valence electrons. The summed E-state index contributed by atoms with van der Waals surface area (Å²) in [6.07, 6.45) is 3.23. The van der Waals surface area contributed by atoms with Crippen molar-refractivity contribution in [2.45, 2.75) is 25.2 Å². The van der Waals surface area contributed by atoms with Gasteiger partial charge in [0.05, 0.1) is 8.95 Å². The second-order valence-electron chi connectivity index (χ2n) is 6.30. The van der Waals surface area contributed by atoms with Gasteiger partial charge < -0.3 is 4.74 Å². The number of fused-ring (bicyclic) bond motifs is 5. The van der Waals surface area contributed by atoms with Gasteiger partial charge in [-0.25, -0.2) is 4.57 Å². The molecular weight excluding hydrogens is 514 g/mol. The van der Waals surface area contributed by atoms with Gasteiger partial charge in [-0.1, -0.05) is 44.9 Å². The molecule has 1 aliphatic heterocycles. The topological polar surface area (TPSA) is 30.9 Å². The van der Waals surface area contributed by atoms with Crippen LogP contribution >= 0.6 is 47.8 Å². The SMILES string of the molecule is Brc1cc(Br)c(-n2c[n+]3c(n2)COC2Cc4ccccc4C23)c(Br)c1. The molecule has 2 atom stereocenters. The highest BCUT2D eigenvalue weighted by molar-refractivity contribution is 9.11. The summed E-state index contributed by atoms with van der Waals surface area (Å²) in [5, 5.41) is 4.79. The number of rotatable bonds is 1. The molecule has 5 rings (SSSR count). The van der Waals surface area contributed by atoms with E-state index in [0.29, 0.717) is 6.61 Å². The van der Waals surface area contributed by atoms with Crippen LogP contribution in [0.3, 0.4) is 0 Å². The molecule has 0 spiro atoms. The van der Waals surface area contributed by atoms with E-state index in [9.17, 15) is 0 Å². The molecule has 0 bridgehead atoms. The average Bonchev–Trinajstić information content (AvgIpc) is 3.13. The fourth-order valence-corrected chi connectivity index (χ4v) is 6.40. The summed E-state index contributed by atoms with van der Waals surface area (Å²) in [5.74, 6) is 0.944. The molecule has 2 unspecified atom stereocenters. The van der Waals surface area contributed by atoms with Gasteiger partial charge in [0.2, 0.25) is 6.33 Å². The minimum absolute atomic E-state index is 0.185. The van der Waals surface area contributed by atoms with Crippen LogP contribution in [0.15, 0.2) is 56.1 Å². The third-order valence-electron chi connectivity index (χ3n) is 4.84. The summed E-state index contributed by atoms with van der Waals surface area (Å²) < 4.78 is 13.2. The fourth-order valence-electron chi connectivity index (χ4n) is 3.78. The largest absolute Gasteiger partial charge is 0.363 e. The predicted octanol–water partition coefficient (Wildman–Crippen LogP) is 4.49. The Balaban J connectivity index is 1.65. The van der Waals surface area contributed by atoms with Gasteiger partial charge in [0.25, 0.3) is 0 Å². The molecule has 25 heavy (non-hydrogen) atoms. The normalized spacial score (nSPS) is 20.9. The van der Waals surface area contributed by atoms with Crippen molar-refractivity contribution in [3.05, 3.63) is 73.1 Å². The lowest BCUT2D eigenvalue weighted by Crippen LogP contribution is -2.51. The van der Waals surface area contributed by atoms with Crippen LogP contribution in [0, 0.1) is 0 Å². The molecular formula is C18H13Br3N3O+. The molecule has 0 amide bonds. The van der Waals surface area contributed by atoms with E-state index >= 15 is 0 Å². The molecule has 0 saturated carbocycles. The zero-order valence-electron chi connectivity index (χ0n) is 13.0. The van der Waals surface area contributed by atoms with Gasteiger partial charge in [-0.2, -0.15) is 0 Å². The molecule has 0 fully saturated rings. The number of benzene rings is 2. The van der Waals surface area contributed by atoms with Crippen molar-refractivity contribution in [2.75, 3.05) is 0 Å². The van der Waals surface area contributed by atoms with Crippen molar-refractivity contribution in [1.29, 1.82) is 0 Å². The minimum atomic E-state index is 0.185. The first kappa shape index (κ1) is 16.2. The molecule has 1 aromatic heterocycles. The van der Waals surface area contributed by atoms with E-state index in [1.54, 1.807) is 0 Å². The first-order chi connectivity index (χ1) is 12.1. The predicted molar refractivity (Wildman–Crippen MR) is 104 cm³/mol. The second-order valence-corrected chi connectivity index (χ2v) is 8.92. The van der Waals surface area contributed by atoms with Crippen molar-refractivity contribution in [3.63, 3.8) is 0 Å². The van der Waals surface area contributed by atoms with Crippen LogP contribution < -0.4 is 4.57 Å². The smallest absolute Gasteiger partial charge is 0.304 e. The highest BCUT2D eigenvalue weighted by atomic mass is 79.9. The molecule has 7 heteroatoms. The molecule has 0 N–H and O–H groups in total. The van der Waals surface area contributed by atoms with E-state index in [-0.39, 0.29) is 12.1 Å². The molecule has 2 aromatic carbocycles. The van der Waals surface area contributed by atoms with Crippen LogP contribution in [0.25, 0.3) is 5.69 Å². The monoisotopic (exact) mass is 524 g/mol. The standard InChI is InChI=1S/C18H13Br3N3O/c19-11-6-13(20)18(14(21)7-11)24-9-23-16(22-24)8-25-15-5-10-3-1-2-4-12(10)17(15)23/h1-4,6-7,9,15,17H,5,8H2/q+1.